The van der Waals surface area contributed by atoms with Crippen LogP contribution in [0.2, 0.25) is 0 Å². The van der Waals surface area contributed by atoms with E-state index in [1.807, 2.05) is 0 Å². The van der Waals surface area contributed by atoms with Crippen molar-refractivity contribution in [1.29, 1.82) is 0 Å². The Labute approximate surface area is 129 Å². The average molecular weight is 328 g/mol. The van der Waals surface area contributed by atoms with E-state index in [0.717, 1.165) is 0 Å². The molecule has 8 nitrogen and oxygen atoms in total. The lowest BCUT2D eigenvalue weighted by atomic mass is 9.77. The van der Waals surface area contributed by atoms with Gasteiger partial charge in [-0.15, -0.1) is 11.8 Å². The van der Waals surface area contributed by atoms with Crippen LogP contribution >= 0.6 is 11.8 Å². The number of nitrogens with zero attached hydrogens (tertiary/aromatic N) is 1. The Morgan fingerprint density at radius 2 is 2.05 bits per heavy atom. The number of aryl methyl sites for hydroxylation is 1. The quantitative estimate of drug-likeness (QED) is 0.738. The van der Waals surface area contributed by atoms with E-state index in [2.05, 4.69) is 0 Å². The number of hydrogen-bond acceptors (Lipinski definition) is 7. The summed E-state index contributed by atoms with van der Waals surface area (Å²) in [4.78, 5) is 36.8. The van der Waals surface area contributed by atoms with E-state index in [9.17, 15) is 19.5 Å². The molecule has 0 saturated carbocycles. The second-order valence-electron chi connectivity index (χ2n) is 6.03. The number of carbonyl (C=O) groups excluding carboxylic acids is 1. The summed E-state index contributed by atoms with van der Waals surface area (Å²) in [5, 5.41) is 9.49. The van der Waals surface area contributed by atoms with Gasteiger partial charge < -0.3 is 24.6 Å². The van der Waals surface area contributed by atoms with Crippen molar-refractivity contribution in [1.82, 2.24) is 4.90 Å². The first-order valence-electron chi connectivity index (χ1n) is 6.71. The van der Waals surface area contributed by atoms with Gasteiger partial charge in [0, 0.05) is 11.2 Å². The van der Waals surface area contributed by atoms with E-state index in [-0.39, 0.29) is 17.9 Å². The van der Waals surface area contributed by atoms with Crippen LogP contribution < -0.4 is 11.6 Å². The maximum Gasteiger partial charge on any atom is 0.519 e. The van der Waals surface area contributed by atoms with Gasteiger partial charge in [-0.25, -0.2) is 9.59 Å². The lowest BCUT2D eigenvalue weighted by Gasteiger charge is -2.48. The minimum Gasteiger partial charge on any atom is -0.479 e. The molecule has 0 aromatic carbocycles. The van der Waals surface area contributed by atoms with Crippen molar-refractivity contribution in [3.05, 3.63) is 22.1 Å². The van der Waals surface area contributed by atoms with Gasteiger partial charge in [-0.3, -0.25) is 4.79 Å². The van der Waals surface area contributed by atoms with E-state index in [1.54, 1.807) is 13.8 Å². The summed E-state index contributed by atoms with van der Waals surface area (Å²) in [5.41, 5.74) is 4.24. The van der Waals surface area contributed by atoms with Crippen LogP contribution in [-0.2, 0) is 16.0 Å². The second kappa shape index (κ2) is 4.39. The number of nitrogens with two attached hydrogens (primary N) is 1. The van der Waals surface area contributed by atoms with Crippen LogP contribution in [-0.4, -0.2) is 43.6 Å². The Bertz CT molecular complexity index is 722. The van der Waals surface area contributed by atoms with Gasteiger partial charge in [0.2, 0.25) is 5.91 Å². The Hall–Kier alpha value is -1.74. The number of carboxylic acid groups (broad SMARTS) is 1. The summed E-state index contributed by atoms with van der Waals surface area (Å²) in [6.07, 6.45) is -0.144. The van der Waals surface area contributed by atoms with Crippen molar-refractivity contribution in [3.63, 3.8) is 0 Å². The topological polar surface area (TPSA) is 127 Å². The predicted octanol–water partition coefficient (Wildman–Crippen LogP) is -0.0719. The third-order valence-corrected chi connectivity index (χ3v) is 6.19. The molecule has 3 N–H and O–H groups in total. The van der Waals surface area contributed by atoms with Crippen molar-refractivity contribution in [2.24, 2.45) is 5.73 Å². The second-order valence-corrected chi connectivity index (χ2v) is 7.77. The van der Waals surface area contributed by atoms with Crippen LogP contribution in [0.25, 0.3) is 0 Å². The smallest absolute Gasteiger partial charge is 0.479 e. The molecular formula is C13H16N2O6S. The molecule has 9 heteroatoms. The molecule has 120 valence electrons. The summed E-state index contributed by atoms with van der Waals surface area (Å²) in [6.45, 7) is 5.02. The highest BCUT2D eigenvalue weighted by atomic mass is 32.2. The highest BCUT2D eigenvalue weighted by molar-refractivity contribution is 8.01. The first kappa shape index (κ1) is 15.2. The fourth-order valence-corrected chi connectivity index (χ4v) is 4.92. The lowest BCUT2D eigenvalue weighted by molar-refractivity contribution is -0.170. The van der Waals surface area contributed by atoms with Crippen LogP contribution in [0.5, 0.6) is 0 Å². The van der Waals surface area contributed by atoms with Crippen LogP contribution in [0.15, 0.2) is 13.6 Å². The molecule has 0 bridgehead atoms. The predicted molar refractivity (Wildman–Crippen MR) is 76.3 cm³/mol. The number of aliphatic carboxylic acids is 1. The number of carbonyl (C=O) groups is 2. The number of rotatable bonds is 3. The SMILES string of the molecule is Cc1oc(=O)oc1C[C@@]1(C(=O)O)N2C(=O)[C@@H](N)[C@H]2SC1(C)C. The molecule has 1 aromatic rings. The van der Waals surface area contributed by atoms with E-state index in [4.69, 9.17) is 14.6 Å². The third kappa shape index (κ3) is 1.66. The molecule has 0 radical (unpaired) electrons. The molecular weight excluding hydrogens is 312 g/mol. The Morgan fingerprint density at radius 1 is 1.41 bits per heavy atom. The van der Waals surface area contributed by atoms with Gasteiger partial charge in [0.25, 0.3) is 0 Å². The van der Waals surface area contributed by atoms with Gasteiger partial charge in [-0.2, -0.15) is 0 Å². The van der Waals surface area contributed by atoms with Crippen molar-refractivity contribution < 1.29 is 23.5 Å². The van der Waals surface area contributed by atoms with Gasteiger partial charge in [0.1, 0.15) is 17.2 Å². The molecule has 0 aliphatic carbocycles. The van der Waals surface area contributed by atoms with Crippen molar-refractivity contribution in [2.45, 2.75) is 48.9 Å². The summed E-state index contributed by atoms with van der Waals surface area (Å²) in [7, 11) is 0. The molecule has 2 aliphatic rings. The molecule has 2 saturated heterocycles. The zero-order chi connectivity index (χ0) is 16.4. The van der Waals surface area contributed by atoms with Crippen LogP contribution in [0, 0.1) is 6.92 Å². The maximum atomic E-state index is 12.1. The number of amides is 1. The standard InChI is InChI=1S/C13H16N2O6S/c1-5-6(21-11(19)20-5)4-13(10(17)18)12(2,3)22-9-7(14)8(16)15(9)13/h7,9H,4,14H2,1-3H3,(H,17,18)/t7-,9-,13+/m1/s1. The number of fused-ring (bicyclic) bond motifs is 1. The Kier molecular flexibility index (Phi) is 3.02. The minimum absolute atomic E-state index is 0.134. The summed E-state index contributed by atoms with van der Waals surface area (Å²) < 4.78 is 8.94. The zero-order valence-electron chi connectivity index (χ0n) is 12.3. The minimum atomic E-state index is -1.54. The fraction of sp³-hybridized carbons (Fsp3) is 0.615. The monoisotopic (exact) mass is 328 g/mol. The molecule has 3 heterocycles. The molecule has 1 amide bonds. The van der Waals surface area contributed by atoms with E-state index >= 15 is 0 Å². The van der Waals surface area contributed by atoms with Gasteiger partial charge in [-0.05, 0) is 20.8 Å². The number of hydrogen-bond donors (Lipinski definition) is 2. The highest BCUT2D eigenvalue weighted by Crippen LogP contribution is 2.57. The molecule has 1 aromatic heterocycles. The van der Waals surface area contributed by atoms with Crippen molar-refractivity contribution >= 4 is 23.6 Å². The lowest BCUT2D eigenvalue weighted by Crippen LogP contribution is -2.75. The van der Waals surface area contributed by atoms with Crippen LogP contribution in [0.1, 0.15) is 25.4 Å². The largest absolute Gasteiger partial charge is 0.519 e. The Morgan fingerprint density at radius 3 is 2.55 bits per heavy atom. The maximum absolute atomic E-state index is 12.1. The van der Waals surface area contributed by atoms with Crippen molar-refractivity contribution in [2.75, 3.05) is 0 Å². The zero-order valence-corrected chi connectivity index (χ0v) is 13.1. The van der Waals surface area contributed by atoms with Crippen LogP contribution in [0.4, 0.5) is 0 Å². The number of carboxylic acids is 1. The molecule has 3 atom stereocenters. The molecule has 2 aliphatic heterocycles. The van der Waals surface area contributed by atoms with Gasteiger partial charge in [-0.1, -0.05) is 0 Å². The number of β-lactam (4-membered cyclic amide) rings is 1. The molecule has 0 unspecified atom stereocenters. The first-order chi connectivity index (χ1) is 10.1. The Balaban J connectivity index is 2.12. The summed E-state index contributed by atoms with van der Waals surface area (Å²) >= 11 is 1.35. The number of thioether (sulfide) groups is 1. The van der Waals surface area contributed by atoms with Gasteiger partial charge in [0.15, 0.2) is 11.3 Å². The summed E-state index contributed by atoms with van der Waals surface area (Å²) in [5.74, 6) is -2.10. The van der Waals surface area contributed by atoms with Gasteiger partial charge >= 0.3 is 11.8 Å². The molecule has 0 spiro atoms. The molecule has 2 fully saturated rings. The molecule has 22 heavy (non-hydrogen) atoms. The first-order valence-corrected chi connectivity index (χ1v) is 7.59. The molecule has 3 rings (SSSR count). The summed E-state index contributed by atoms with van der Waals surface area (Å²) in [6, 6.07) is -0.706. The normalized spacial score (nSPS) is 32.7. The van der Waals surface area contributed by atoms with Gasteiger partial charge in [0.05, 0.1) is 0 Å². The average Bonchev–Trinajstić information content (AvgIpc) is 2.83. The third-order valence-electron chi connectivity index (χ3n) is 4.51. The van der Waals surface area contributed by atoms with E-state index < -0.39 is 39.4 Å². The fourth-order valence-electron chi connectivity index (χ4n) is 3.21. The van der Waals surface area contributed by atoms with Crippen LogP contribution in [0.3, 0.4) is 0 Å². The van der Waals surface area contributed by atoms with E-state index in [1.165, 1.54) is 23.6 Å². The van der Waals surface area contributed by atoms with Crippen molar-refractivity contribution in [3.8, 4) is 0 Å². The highest BCUT2D eigenvalue weighted by Gasteiger charge is 2.72. The van der Waals surface area contributed by atoms with E-state index in [0.29, 0.717) is 0 Å².